The van der Waals surface area contributed by atoms with Gasteiger partial charge in [0.25, 0.3) is 0 Å². The number of rotatable bonds is 6. The van der Waals surface area contributed by atoms with Crippen LogP contribution in [0.4, 0.5) is 10.5 Å². The number of methoxy groups -OCH3 is 1. The van der Waals surface area contributed by atoms with Gasteiger partial charge in [0.1, 0.15) is 0 Å². The van der Waals surface area contributed by atoms with E-state index in [1.54, 1.807) is 14.2 Å². The molecule has 0 bridgehead atoms. The van der Waals surface area contributed by atoms with Gasteiger partial charge in [0.05, 0.1) is 6.61 Å². The van der Waals surface area contributed by atoms with Crippen LogP contribution in [0.2, 0.25) is 0 Å². The zero-order valence-electron chi connectivity index (χ0n) is 14.9. The number of carbonyl (C=O) groups excluding carboxylic acids is 1. The second kappa shape index (κ2) is 11.9. The van der Waals surface area contributed by atoms with E-state index in [1.165, 1.54) is 0 Å². The van der Waals surface area contributed by atoms with Gasteiger partial charge in [0.15, 0.2) is 5.96 Å². The van der Waals surface area contributed by atoms with Gasteiger partial charge in [-0.25, -0.2) is 4.79 Å². The maximum Gasteiger partial charge on any atom is 0.321 e. The van der Waals surface area contributed by atoms with Crippen molar-refractivity contribution >= 4 is 41.7 Å². The number of nitrogens with one attached hydrogen (secondary N) is 3. The standard InChI is InChI=1S/C17H27N5O2.HI/c1-18-16(19-8-11-24-2)20-13-14-6-5-7-15(12-14)21-17(23)22-9-3-4-10-22;/h5-7,12H,3-4,8-11,13H2,1-2H3,(H,21,23)(H2,18,19,20);1H. The van der Waals surface area contributed by atoms with Crippen LogP contribution >= 0.6 is 24.0 Å². The summed E-state index contributed by atoms with van der Waals surface area (Å²) in [6.45, 7) is 3.63. The summed E-state index contributed by atoms with van der Waals surface area (Å²) >= 11 is 0. The molecule has 1 saturated heterocycles. The Morgan fingerprint density at radius 2 is 2.04 bits per heavy atom. The third-order valence-electron chi connectivity index (χ3n) is 3.85. The zero-order valence-corrected chi connectivity index (χ0v) is 17.2. The van der Waals surface area contributed by atoms with Gasteiger partial charge in [-0.2, -0.15) is 0 Å². The van der Waals surface area contributed by atoms with E-state index in [0.717, 1.165) is 43.1 Å². The third-order valence-corrected chi connectivity index (χ3v) is 3.85. The molecule has 2 rings (SSSR count). The van der Waals surface area contributed by atoms with E-state index >= 15 is 0 Å². The summed E-state index contributed by atoms with van der Waals surface area (Å²) in [6.07, 6.45) is 2.18. The van der Waals surface area contributed by atoms with Crippen molar-refractivity contribution in [2.75, 3.05) is 45.7 Å². The van der Waals surface area contributed by atoms with E-state index < -0.39 is 0 Å². The van der Waals surface area contributed by atoms with E-state index in [-0.39, 0.29) is 30.0 Å². The van der Waals surface area contributed by atoms with Crippen molar-refractivity contribution in [3.05, 3.63) is 29.8 Å². The molecule has 0 radical (unpaired) electrons. The number of aliphatic imine (C=N–C) groups is 1. The van der Waals surface area contributed by atoms with Crippen LogP contribution in [-0.4, -0.2) is 57.3 Å². The van der Waals surface area contributed by atoms with E-state index in [9.17, 15) is 4.79 Å². The topological polar surface area (TPSA) is 78.0 Å². The second-order valence-corrected chi connectivity index (χ2v) is 5.67. The molecule has 0 unspecified atom stereocenters. The van der Waals surface area contributed by atoms with Gasteiger partial charge >= 0.3 is 6.03 Å². The molecule has 1 aromatic rings. The molecule has 0 aromatic heterocycles. The molecular formula is C17H28IN5O2. The molecule has 25 heavy (non-hydrogen) atoms. The molecule has 0 saturated carbocycles. The number of likely N-dealkylation sites (tertiary alicyclic amines) is 1. The van der Waals surface area contributed by atoms with Crippen LogP contribution in [0.25, 0.3) is 0 Å². The monoisotopic (exact) mass is 461 g/mol. The van der Waals surface area contributed by atoms with Gasteiger partial charge in [-0.3, -0.25) is 4.99 Å². The van der Waals surface area contributed by atoms with Crippen LogP contribution < -0.4 is 16.0 Å². The molecule has 1 fully saturated rings. The van der Waals surface area contributed by atoms with Crippen molar-refractivity contribution in [3.63, 3.8) is 0 Å². The molecule has 1 heterocycles. The minimum Gasteiger partial charge on any atom is -0.383 e. The van der Waals surface area contributed by atoms with Gasteiger partial charge in [-0.05, 0) is 30.5 Å². The molecule has 0 aliphatic carbocycles. The highest BCUT2D eigenvalue weighted by atomic mass is 127. The largest absolute Gasteiger partial charge is 0.383 e. The number of carbonyl (C=O) groups is 1. The van der Waals surface area contributed by atoms with Crippen molar-refractivity contribution in [3.8, 4) is 0 Å². The number of amides is 2. The Bertz CT molecular complexity index is 562. The van der Waals surface area contributed by atoms with E-state index in [1.807, 2.05) is 29.2 Å². The zero-order chi connectivity index (χ0) is 17.2. The van der Waals surface area contributed by atoms with Crippen LogP contribution in [0, 0.1) is 0 Å². The minimum atomic E-state index is -0.0188. The van der Waals surface area contributed by atoms with E-state index in [2.05, 4.69) is 20.9 Å². The molecule has 0 atom stereocenters. The first-order valence-electron chi connectivity index (χ1n) is 8.31. The van der Waals surface area contributed by atoms with Crippen molar-refractivity contribution in [1.29, 1.82) is 0 Å². The Kier molecular flexibility index (Phi) is 10.2. The molecule has 1 aromatic carbocycles. The summed E-state index contributed by atoms with van der Waals surface area (Å²) < 4.78 is 5.00. The minimum absolute atomic E-state index is 0. The van der Waals surface area contributed by atoms with Gasteiger partial charge in [0.2, 0.25) is 0 Å². The average Bonchev–Trinajstić information content (AvgIpc) is 3.13. The number of anilines is 1. The maximum absolute atomic E-state index is 12.1. The molecule has 0 spiro atoms. The van der Waals surface area contributed by atoms with Gasteiger partial charge in [0, 0.05) is 46.0 Å². The molecule has 1 aliphatic heterocycles. The van der Waals surface area contributed by atoms with Crippen LogP contribution in [-0.2, 0) is 11.3 Å². The number of guanidine groups is 1. The number of hydrogen-bond donors (Lipinski definition) is 3. The number of halogens is 1. The third kappa shape index (κ3) is 7.47. The summed E-state index contributed by atoms with van der Waals surface area (Å²) in [5.74, 6) is 0.721. The summed E-state index contributed by atoms with van der Waals surface area (Å²) in [5.41, 5.74) is 1.89. The summed E-state index contributed by atoms with van der Waals surface area (Å²) in [4.78, 5) is 18.2. The predicted molar refractivity (Wildman–Crippen MR) is 112 cm³/mol. The molecule has 7 nitrogen and oxygen atoms in total. The highest BCUT2D eigenvalue weighted by Gasteiger charge is 2.17. The Labute approximate surface area is 166 Å². The number of ether oxygens (including phenoxy) is 1. The van der Waals surface area contributed by atoms with Gasteiger partial charge < -0.3 is 25.6 Å². The van der Waals surface area contributed by atoms with Crippen LogP contribution in [0.1, 0.15) is 18.4 Å². The molecule has 140 valence electrons. The maximum atomic E-state index is 12.1. The van der Waals surface area contributed by atoms with Gasteiger partial charge in [-0.15, -0.1) is 24.0 Å². The highest BCUT2D eigenvalue weighted by molar-refractivity contribution is 14.0. The summed E-state index contributed by atoms with van der Waals surface area (Å²) in [5, 5.41) is 9.37. The van der Waals surface area contributed by atoms with E-state index in [4.69, 9.17) is 4.74 Å². The van der Waals surface area contributed by atoms with Crippen LogP contribution in [0.5, 0.6) is 0 Å². The highest BCUT2D eigenvalue weighted by Crippen LogP contribution is 2.14. The Hall–Kier alpha value is -1.55. The molecular weight excluding hydrogens is 433 g/mol. The SMILES string of the molecule is CN=C(NCCOC)NCc1cccc(NC(=O)N2CCCC2)c1.I. The fourth-order valence-corrected chi connectivity index (χ4v) is 2.56. The first kappa shape index (κ1) is 21.5. The van der Waals surface area contributed by atoms with Crippen molar-refractivity contribution in [2.45, 2.75) is 19.4 Å². The quantitative estimate of drug-likeness (QED) is 0.263. The fourth-order valence-electron chi connectivity index (χ4n) is 2.56. The lowest BCUT2D eigenvalue weighted by Crippen LogP contribution is -2.38. The second-order valence-electron chi connectivity index (χ2n) is 5.67. The number of hydrogen-bond acceptors (Lipinski definition) is 3. The number of urea groups is 1. The summed E-state index contributed by atoms with van der Waals surface area (Å²) in [6, 6.07) is 7.82. The van der Waals surface area contributed by atoms with Crippen molar-refractivity contribution in [1.82, 2.24) is 15.5 Å². The lowest BCUT2D eigenvalue weighted by molar-refractivity contribution is 0.203. The lowest BCUT2D eigenvalue weighted by Gasteiger charge is -2.17. The number of nitrogens with zero attached hydrogens (tertiary/aromatic N) is 2. The molecule has 2 amide bonds. The molecule has 3 N–H and O–H groups in total. The predicted octanol–water partition coefficient (Wildman–Crippen LogP) is 2.24. The first-order chi connectivity index (χ1) is 11.7. The molecule has 1 aliphatic rings. The normalized spacial score (nSPS) is 14.0. The van der Waals surface area contributed by atoms with Crippen molar-refractivity contribution < 1.29 is 9.53 Å². The van der Waals surface area contributed by atoms with Crippen molar-refractivity contribution in [2.24, 2.45) is 4.99 Å². The van der Waals surface area contributed by atoms with Crippen LogP contribution in [0.3, 0.4) is 0 Å². The Balaban J connectivity index is 0.00000312. The van der Waals surface area contributed by atoms with E-state index in [0.29, 0.717) is 19.7 Å². The Morgan fingerprint density at radius 1 is 1.28 bits per heavy atom. The lowest BCUT2D eigenvalue weighted by atomic mass is 10.2. The average molecular weight is 461 g/mol. The smallest absolute Gasteiger partial charge is 0.321 e. The van der Waals surface area contributed by atoms with Crippen LogP contribution in [0.15, 0.2) is 29.3 Å². The summed E-state index contributed by atoms with van der Waals surface area (Å²) in [7, 11) is 3.40. The number of benzene rings is 1. The van der Waals surface area contributed by atoms with Gasteiger partial charge in [-0.1, -0.05) is 12.1 Å². The molecule has 8 heteroatoms. The first-order valence-corrected chi connectivity index (χ1v) is 8.31. The fraction of sp³-hybridized carbons (Fsp3) is 0.529. The Morgan fingerprint density at radius 3 is 2.72 bits per heavy atom.